The standard InChI is InChI=1S/C25H22FN5S/c26-20-12-10-19(11-13-20)22-17-32-25(31(22)16-18-7-3-1-4-8-18)21(15-27)24-29-28-23-9-5-2-6-14-30(23)24/h1,3-4,7-8,10-13,17H,2,5-6,9,14,16H2/b25-21+. The van der Waals surface area contributed by atoms with Gasteiger partial charge in [-0.25, -0.2) is 4.39 Å². The SMILES string of the molecule is N#C/C(=C1\SC=C(c2ccc(F)cc2)N1Cc1ccccc1)c1nnc2n1CCCCC2. The zero-order valence-electron chi connectivity index (χ0n) is 17.5. The highest BCUT2D eigenvalue weighted by Gasteiger charge is 2.29. The van der Waals surface area contributed by atoms with Crippen molar-refractivity contribution >= 4 is 23.0 Å². The summed E-state index contributed by atoms with van der Waals surface area (Å²) < 4.78 is 15.7. The first-order chi connectivity index (χ1) is 15.7. The number of hydrogen-bond acceptors (Lipinski definition) is 5. The number of nitrogens with zero attached hydrogens (tertiary/aromatic N) is 5. The maximum absolute atomic E-state index is 13.5. The number of thioether (sulfide) groups is 1. The van der Waals surface area contributed by atoms with Crippen molar-refractivity contribution in [3.8, 4) is 6.07 Å². The number of rotatable bonds is 4. The number of aryl methyl sites for hydroxylation is 1. The number of aromatic nitrogens is 3. The van der Waals surface area contributed by atoms with Crippen LogP contribution >= 0.6 is 11.8 Å². The Hall–Kier alpha value is -3.37. The predicted molar refractivity (Wildman–Crippen MR) is 124 cm³/mol. The molecule has 0 amide bonds. The lowest BCUT2D eigenvalue weighted by atomic mass is 10.1. The second kappa shape index (κ2) is 9.01. The van der Waals surface area contributed by atoms with Crippen molar-refractivity contribution in [2.75, 3.05) is 0 Å². The van der Waals surface area contributed by atoms with E-state index in [0.717, 1.165) is 59.9 Å². The van der Waals surface area contributed by atoms with Crippen LogP contribution in [0, 0.1) is 17.1 Å². The highest BCUT2D eigenvalue weighted by Crippen LogP contribution is 2.44. The minimum Gasteiger partial charge on any atom is -0.329 e. The highest BCUT2D eigenvalue weighted by atomic mass is 32.2. The van der Waals surface area contributed by atoms with E-state index in [4.69, 9.17) is 0 Å². The van der Waals surface area contributed by atoms with Crippen molar-refractivity contribution in [1.29, 1.82) is 5.26 Å². The van der Waals surface area contributed by atoms with E-state index in [9.17, 15) is 9.65 Å². The molecule has 2 aromatic carbocycles. The molecule has 7 heteroatoms. The van der Waals surface area contributed by atoms with Crippen LogP contribution in [0.25, 0.3) is 11.3 Å². The summed E-state index contributed by atoms with van der Waals surface area (Å²) in [6.45, 7) is 1.43. The maximum Gasteiger partial charge on any atom is 0.177 e. The highest BCUT2D eigenvalue weighted by molar-refractivity contribution is 8.06. The summed E-state index contributed by atoms with van der Waals surface area (Å²) >= 11 is 1.51. The Balaban J connectivity index is 1.60. The van der Waals surface area contributed by atoms with Crippen molar-refractivity contribution in [2.45, 2.75) is 38.8 Å². The largest absolute Gasteiger partial charge is 0.329 e. The van der Waals surface area contributed by atoms with E-state index in [1.807, 2.05) is 23.6 Å². The van der Waals surface area contributed by atoms with Gasteiger partial charge in [-0.1, -0.05) is 48.5 Å². The molecule has 2 aliphatic heterocycles. The fraction of sp³-hybridized carbons (Fsp3) is 0.240. The summed E-state index contributed by atoms with van der Waals surface area (Å²) in [5.74, 6) is 1.32. The summed E-state index contributed by atoms with van der Waals surface area (Å²) in [5, 5.41) is 21.9. The average Bonchev–Trinajstić information content (AvgIpc) is 3.32. The molecule has 0 aliphatic carbocycles. The van der Waals surface area contributed by atoms with Gasteiger partial charge in [-0.15, -0.1) is 10.2 Å². The fourth-order valence-corrected chi connectivity index (χ4v) is 5.20. The zero-order chi connectivity index (χ0) is 21.9. The third kappa shape index (κ3) is 3.94. The number of fused-ring (bicyclic) bond motifs is 1. The maximum atomic E-state index is 13.5. The van der Waals surface area contributed by atoms with Gasteiger partial charge in [0.05, 0.1) is 5.70 Å². The van der Waals surface area contributed by atoms with Crippen LogP contribution in [0.4, 0.5) is 4.39 Å². The zero-order valence-corrected chi connectivity index (χ0v) is 18.4. The molecule has 0 fully saturated rings. The van der Waals surface area contributed by atoms with Crippen LogP contribution in [0.15, 0.2) is 65.0 Å². The van der Waals surface area contributed by atoms with Crippen molar-refractivity contribution in [1.82, 2.24) is 19.7 Å². The number of allylic oxidation sites excluding steroid dienone is 1. The van der Waals surface area contributed by atoms with Gasteiger partial charge in [0.15, 0.2) is 5.82 Å². The summed E-state index contributed by atoms with van der Waals surface area (Å²) in [4.78, 5) is 2.13. The van der Waals surface area contributed by atoms with Gasteiger partial charge in [0, 0.05) is 24.9 Å². The van der Waals surface area contributed by atoms with Gasteiger partial charge < -0.3 is 9.47 Å². The third-order valence-corrected chi connectivity index (χ3v) is 6.79. The first-order valence-electron chi connectivity index (χ1n) is 10.8. The van der Waals surface area contributed by atoms with Gasteiger partial charge in [0.1, 0.15) is 28.3 Å². The fourth-order valence-electron chi connectivity index (χ4n) is 4.17. The van der Waals surface area contributed by atoms with Crippen molar-refractivity contribution < 1.29 is 4.39 Å². The van der Waals surface area contributed by atoms with E-state index in [-0.39, 0.29) is 5.82 Å². The average molecular weight is 444 g/mol. The van der Waals surface area contributed by atoms with Crippen LogP contribution in [0.1, 0.15) is 42.0 Å². The lowest BCUT2D eigenvalue weighted by Crippen LogP contribution is -2.18. The molecular weight excluding hydrogens is 421 g/mol. The van der Waals surface area contributed by atoms with Crippen molar-refractivity contribution in [2.24, 2.45) is 0 Å². The molecule has 32 heavy (non-hydrogen) atoms. The van der Waals surface area contributed by atoms with Crippen LogP contribution in [0.2, 0.25) is 0 Å². The lowest BCUT2D eigenvalue weighted by Gasteiger charge is -2.25. The number of hydrogen-bond donors (Lipinski definition) is 0. The van der Waals surface area contributed by atoms with Crippen LogP contribution in [-0.2, 0) is 19.5 Å². The molecule has 0 saturated heterocycles. The molecule has 0 saturated carbocycles. The molecule has 0 N–H and O–H groups in total. The van der Waals surface area contributed by atoms with E-state index in [1.54, 1.807) is 12.1 Å². The molecule has 0 bridgehead atoms. The van der Waals surface area contributed by atoms with Crippen molar-refractivity contribution in [3.05, 3.63) is 93.6 Å². The first-order valence-corrected chi connectivity index (χ1v) is 11.6. The second-order valence-corrected chi connectivity index (χ2v) is 8.75. The third-order valence-electron chi connectivity index (χ3n) is 5.80. The van der Waals surface area contributed by atoms with E-state index in [2.05, 4.69) is 37.9 Å². The van der Waals surface area contributed by atoms with Gasteiger partial charge in [-0.2, -0.15) is 5.26 Å². The minimum atomic E-state index is -0.269. The van der Waals surface area contributed by atoms with Gasteiger partial charge in [0.2, 0.25) is 0 Å². The van der Waals surface area contributed by atoms with Gasteiger partial charge in [-0.3, -0.25) is 0 Å². The van der Waals surface area contributed by atoms with Crippen LogP contribution in [0.3, 0.4) is 0 Å². The molecular formula is C25H22FN5S. The van der Waals surface area contributed by atoms with E-state index >= 15 is 0 Å². The molecule has 3 aromatic rings. The Morgan fingerprint density at radius 1 is 1.03 bits per heavy atom. The summed E-state index contributed by atoms with van der Waals surface area (Å²) in [7, 11) is 0. The molecule has 0 spiro atoms. The molecule has 5 nitrogen and oxygen atoms in total. The quantitative estimate of drug-likeness (QED) is 0.493. The van der Waals surface area contributed by atoms with Crippen LogP contribution in [-0.4, -0.2) is 19.7 Å². The molecule has 2 aliphatic rings. The number of benzene rings is 2. The molecule has 160 valence electrons. The summed E-state index contributed by atoms with van der Waals surface area (Å²) in [6, 6.07) is 19.0. The predicted octanol–water partition coefficient (Wildman–Crippen LogP) is 5.58. The molecule has 0 unspecified atom stereocenters. The Labute approximate surface area is 190 Å². The van der Waals surface area contributed by atoms with Gasteiger partial charge >= 0.3 is 0 Å². The topological polar surface area (TPSA) is 57.7 Å². The van der Waals surface area contributed by atoms with Gasteiger partial charge in [-0.05, 0) is 48.2 Å². The van der Waals surface area contributed by atoms with E-state index < -0.39 is 0 Å². The number of halogens is 1. The lowest BCUT2D eigenvalue weighted by molar-refractivity contribution is 0.521. The Morgan fingerprint density at radius 3 is 2.62 bits per heavy atom. The normalized spacial score (nSPS) is 17.4. The Kier molecular flexibility index (Phi) is 5.78. The van der Waals surface area contributed by atoms with Crippen LogP contribution < -0.4 is 0 Å². The molecule has 3 heterocycles. The smallest absolute Gasteiger partial charge is 0.177 e. The minimum absolute atomic E-state index is 0.269. The molecule has 5 rings (SSSR count). The van der Waals surface area contributed by atoms with E-state index in [1.165, 1.54) is 23.9 Å². The van der Waals surface area contributed by atoms with Crippen molar-refractivity contribution in [3.63, 3.8) is 0 Å². The van der Waals surface area contributed by atoms with E-state index in [0.29, 0.717) is 17.9 Å². The molecule has 1 aromatic heterocycles. The van der Waals surface area contributed by atoms with Crippen LogP contribution in [0.5, 0.6) is 0 Å². The van der Waals surface area contributed by atoms with Gasteiger partial charge in [0.25, 0.3) is 0 Å². The molecule has 0 atom stereocenters. The molecule has 0 radical (unpaired) electrons. The summed E-state index contributed by atoms with van der Waals surface area (Å²) in [5.41, 5.74) is 3.50. The first kappa shape index (κ1) is 20.5. The number of nitriles is 1. The Bertz CT molecular complexity index is 1220. The summed E-state index contributed by atoms with van der Waals surface area (Å²) in [6.07, 6.45) is 4.21. The monoisotopic (exact) mass is 443 g/mol. The Morgan fingerprint density at radius 2 is 1.84 bits per heavy atom. The second-order valence-electron chi connectivity index (χ2n) is 7.89.